The second-order valence-corrected chi connectivity index (χ2v) is 8.13. The van der Waals surface area contributed by atoms with Crippen molar-refractivity contribution in [2.45, 2.75) is 24.9 Å². The highest BCUT2D eigenvalue weighted by Crippen LogP contribution is 2.35. The van der Waals surface area contributed by atoms with E-state index in [-0.39, 0.29) is 12.8 Å². The van der Waals surface area contributed by atoms with Crippen LogP contribution in [-0.4, -0.2) is 45.1 Å². The first-order valence-corrected chi connectivity index (χ1v) is 10.4. The summed E-state index contributed by atoms with van der Waals surface area (Å²) in [6.07, 6.45) is -0.257. The zero-order valence-corrected chi connectivity index (χ0v) is 16.0. The Labute approximate surface area is 162 Å². The van der Waals surface area contributed by atoms with Crippen molar-refractivity contribution >= 4 is 19.6 Å². The molecule has 0 fully saturated rings. The number of rotatable bonds is 9. The normalized spacial score (nSPS) is 13.4. The molecule has 2 rings (SSSR count). The van der Waals surface area contributed by atoms with Crippen LogP contribution < -0.4 is 10.6 Å². The number of carbonyl (C=O) groups excluding carboxylic acids is 1. The molecular formula is C19H23N2O6P. The zero-order chi connectivity index (χ0) is 20.6. The lowest BCUT2D eigenvalue weighted by Gasteiger charge is -2.22. The highest BCUT2D eigenvalue weighted by Gasteiger charge is 2.26. The molecule has 0 saturated carbocycles. The van der Waals surface area contributed by atoms with Crippen LogP contribution in [0.4, 0.5) is 4.79 Å². The number of carboxylic acid groups (broad SMARTS) is 1. The van der Waals surface area contributed by atoms with Crippen molar-refractivity contribution in [3.8, 4) is 0 Å². The molecule has 0 bridgehead atoms. The zero-order valence-electron chi connectivity index (χ0n) is 15.1. The Bertz CT molecular complexity index is 825. The Morgan fingerprint density at radius 2 is 1.36 bits per heavy atom. The highest BCUT2D eigenvalue weighted by atomic mass is 31.2. The molecule has 28 heavy (non-hydrogen) atoms. The van der Waals surface area contributed by atoms with Gasteiger partial charge in [0.2, 0.25) is 0 Å². The summed E-state index contributed by atoms with van der Waals surface area (Å²) in [5.41, 5.74) is 1.53. The molecule has 8 nitrogen and oxygen atoms in total. The van der Waals surface area contributed by atoms with Crippen molar-refractivity contribution < 1.29 is 29.0 Å². The molecule has 0 radical (unpaired) electrons. The standard InChI is InChI=1S/C19H23N2O6P/c22-18(23)17(12-15-9-5-2-6-10-15)21-19(24)20-16(13-28(25,26)27)11-14-7-3-1-4-8-14/h1-10,16-17H,11-13H2,(H,22,23)(H2,20,21,24)(H2,25,26,27)/t16?,17-/m0/s1. The van der Waals surface area contributed by atoms with Gasteiger partial charge in [0.25, 0.3) is 0 Å². The average molecular weight is 406 g/mol. The van der Waals surface area contributed by atoms with Gasteiger partial charge < -0.3 is 25.5 Å². The SMILES string of the molecule is O=C(NC(Cc1ccccc1)CP(=O)(O)O)N[C@@H](Cc1ccccc1)C(=O)O. The molecule has 150 valence electrons. The number of aliphatic carboxylic acids is 1. The maximum Gasteiger partial charge on any atom is 0.327 e. The molecule has 5 N–H and O–H groups in total. The lowest BCUT2D eigenvalue weighted by Crippen LogP contribution is -2.51. The van der Waals surface area contributed by atoms with Gasteiger partial charge in [-0.1, -0.05) is 60.7 Å². The van der Waals surface area contributed by atoms with Crippen molar-refractivity contribution in [2.75, 3.05) is 6.16 Å². The minimum Gasteiger partial charge on any atom is -0.480 e. The molecule has 0 aromatic heterocycles. The third kappa shape index (κ3) is 7.92. The molecule has 2 atom stereocenters. The molecule has 9 heteroatoms. The van der Waals surface area contributed by atoms with Crippen LogP contribution in [-0.2, 0) is 22.2 Å². The van der Waals surface area contributed by atoms with Crippen LogP contribution in [0.5, 0.6) is 0 Å². The van der Waals surface area contributed by atoms with E-state index in [0.29, 0.717) is 0 Å². The number of urea groups is 1. The molecule has 2 aromatic carbocycles. The van der Waals surface area contributed by atoms with Gasteiger partial charge in [0.1, 0.15) is 6.04 Å². The quantitative estimate of drug-likeness (QED) is 0.403. The van der Waals surface area contributed by atoms with E-state index in [2.05, 4.69) is 10.6 Å². The summed E-state index contributed by atoms with van der Waals surface area (Å²) in [6.45, 7) is 0. The number of carbonyl (C=O) groups is 2. The molecule has 0 saturated heterocycles. The fraction of sp³-hybridized carbons (Fsp3) is 0.263. The summed E-state index contributed by atoms with van der Waals surface area (Å²) < 4.78 is 11.4. The molecular weight excluding hydrogens is 383 g/mol. The Balaban J connectivity index is 2.03. The molecule has 0 aliphatic carbocycles. The van der Waals surface area contributed by atoms with E-state index < -0.39 is 37.8 Å². The number of benzene rings is 2. The average Bonchev–Trinajstić information content (AvgIpc) is 2.61. The first-order valence-electron chi connectivity index (χ1n) is 8.65. The van der Waals surface area contributed by atoms with Crippen molar-refractivity contribution in [1.29, 1.82) is 0 Å². The topological polar surface area (TPSA) is 136 Å². The molecule has 2 aromatic rings. The summed E-state index contributed by atoms with van der Waals surface area (Å²) in [5, 5.41) is 14.2. The lowest BCUT2D eigenvalue weighted by molar-refractivity contribution is -0.139. The predicted octanol–water partition coefficient (Wildman–Crippen LogP) is 1.77. The second-order valence-electron chi connectivity index (χ2n) is 6.43. The summed E-state index contributed by atoms with van der Waals surface area (Å²) in [5.74, 6) is -1.20. The lowest BCUT2D eigenvalue weighted by atomic mass is 10.1. The van der Waals surface area contributed by atoms with E-state index in [0.717, 1.165) is 11.1 Å². The van der Waals surface area contributed by atoms with Gasteiger partial charge in [-0.15, -0.1) is 0 Å². The number of carboxylic acids is 1. The van der Waals surface area contributed by atoms with Gasteiger partial charge in [-0.3, -0.25) is 4.57 Å². The molecule has 0 aliphatic heterocycles. The van der Waals surface area contributed by atoms with Crippen molar-refractivity contribution in [3.05, 3.63) is 71.8 Å². The van der Waals surface area contributed by atoms with E-state index in [1.807, 2.05) is 6.07 Å². The van der Waals surface area contributed by atoms with Crippen molar-refractivity contribution in [2.24, 2.45) is 0 Å². The predicted molar refractivity (Wildman–Crippen MR) is 104 cm³/mol. The molecule has 1 unspecified atom stereocenters. The van der Waals surface area contributed by atoms with Crippen molar-refractivity contribution in [3.63, 3.8) is 0 Å². The fourth-order valence-electron chi connectivity index (χ4n) is 2.78. The van der Waals surface area contributed by atoms with E-state index in [1.54, 1.807) is 54.6 Å². The van der Waals surface area contributed by atoms with Crippen LogP contribution in [0.15, 0.2) is 60.7 Å². The Morgan fingerprint density at radius 3 is 1.82 bits per heavy atom. The Morgan fingerprint density at radius 1 is 0.857 bits per heavy atom. The monoisotopic (exact) mass is 406 g/mol. The summed E-state index contributed by atoms with van der Waals surface area (Å²) in [4.78, 5) is 42.4. The molecule has 0 heterocycles. The molecule has 0 aliphatic rings. The maximum absolute atomic E-state index is 12.3. The van der Waals surface area contributed by atoms with Gasteiger partial charge in [-0.25, -0.2) is 9.59 Å². The number of hydrogen-bond acceptors (Lipinski definition) is 3. The minimum atomic E-state index is -4.38. The first-order chi connectivity index (χ1) is 13.2. The Hall–Kier alpha value is -2.67. The number of hydrogen-bond donors (Lipinski definition) is 5. The van der Waals surface area contributed by atoms with Gasteiger partial charge in [-0.05, 0) is 17.5 Å². The van der Waals surface area contributed by atoms with Gasteiger partial charge in [0.05, 0.1) is 6.16 Å². The fourth-order valence-corrected chi connectivity index (χ4v) is 3.58. The van der Waals surface area contributed by atoms with E-state index in [4.69, 9.17) is 0 Å². The molecule has 2 amide bonds. The van der Waals surface area contributed by atoms with Crippen LogP contribution in [0, 0.1) is 0 Å². The number of amides is 2. The first kappa shape index (κ1) is 21.6. The van der Waals surface area contributed by atoms with Crippen LogP contribution in [0.1, 0.15) is 11.1 Å². The summed E-state index contributed by atoms with van der Waals surface area (Å²) in [6, 6.07) is 15.0. The van der Waals surface area contributed by atoms with E-state index in [9.17, 15) is 29.0 Å². The van der Waals surface area contributed by atoms with E-state index >= 15 is 0 Å². The van der Waals surface area contributed by atoms with Gasteiger partial charge in [0.15, 0.2) is 0 Å². The van der Waals surface area contributed by atoms with Crippen LogP contribution in [0.2, 0.25) is 0 Å². The van der Waals surface area contributed by atoms with Crippen LogP contribution in [0.25, 0.3) is 0 Å². The van der Waals surface area contributed by atoms with Crippen molar-refractivity contribution in [1.82, 2.24) is 10.6 Å². The van der Waals surface area contributed by atoms with Crippen LogP contribution >= 0.6 is 7.60 Å². The van der Waals surface area contributed by atoms with Gasteiger partial charge >= 0.3 is 19.6 Å². The van der Waals surface area contributed by atoms with Gasteiger partial charge in [0, 0.05) is 12.5 Å². The third-order valence-corrected chi connectivity index (χ3v) is 4.92. The summed E-state index contributed by atoms with van der Waals surface area (Å²) >= 11 is 0. The highest BCUT2D eigenvalue weighted by molar-refractivity contribution is 7.51. The largest absolute Gasteiger partial charge is 0.480 e. The maximum atomic E-state index is 12.3. The second kappa shape index (κ2) is 10.0. The molecule has 0 spiro atoms. The minimum absolute atomic E-state index is 0.0887. The summed E-state index contributed by atoms with van der Waals surface area (Å²) in [7, 11) is -4.38. The Kier molecular flexibility index (Phi) is 7.75. The van der Waals surface area contributed by atoms with Gasteiger partial charge in [-0.2, -0.15) is 0 Å². The number of nitrogens with one attached hydrogen (secondary N) is 2. The van der Waals surface area contributed by atoms with E-state index in [1.165, 1.54) is 0 Å². The smallest absolute Gasteiger partial charge is 0.327 e. The third-order valence-electron chi connectivity index (χ3n) is 4.00. The van der Waals surface area contributed by atoms with Crippen LogP contribution in [0.3, 0.4) is 0 Å².